The molecule has 0 spiro atoms. The maximum absolute atomic E-state index is 11.5. The van der Waals surface area contributed by atoms with E-state index in [1.54, 1.807) is 0 Å². The van der Waals surface area contributed by atoms with Crippen LogP contribution in [-0.4, -0.2) is 26.1 Å². The van der Waals surface area contributed by atoms with Gasteiger partial charge in [-0.25, -0.2) is 4.98 Å². The number of hydrogen-bond donors (Lipinski definition) is 2. The topological polar surface area (TPSA) is 75.1 Å². The summed E-state index contributed by atoms with van der Waals surface area (Å²) in [6, 6.07) is 1.46. The van der Waals surface area contributed by atoms with E-state index in [9.17, 15) is 4.79 Å². The molecule has 0 unspecified atom stereocenters. The molecule has 0 bridgehead atoms. The van der Waals surface area contributed by atoms with Crippen molar-refractivity contribution in [1.82, 2.24) is 19.6 Å². The summed E-state index contributed by atoms with van der Waals surface area (Å²) in [5.41, 5.74) is -0.156. The second-order valence-electron chi connectivity index (χ2n) is 3.28. The second kappa shape index (κ2) is 4.12. The summed E-state index contributed by atoms with van der Waals surface area (Å²) in [5, 5.41) is 5.78. The molecule has 80 valence electrons. The Morgan fingerprint density at radius 2 is 2.47 bits per heavy atom. The first-order valence-electron chi connectivity index (χ1n) is 4.98. The van der Waals surface area contributed by atoms with Crippen molar-refractivity contribution in [3.05, 3.63) is 22.7 Å². The number of aromatic amines is 1. The minimum Gasteiger partial charge on any atom is -0.370 e. The zero-order valence-corrected chi connectivity index (χ0v) is 8.53. The van der Waals surface area contributed by atoms with E-state index in [4.69, 9.17) is 0 Å². The summed E-state index contributed by atoms with van der Waals surface area (Å²) < 4.78 is 1.30. The number of anilines is 1. The fourth-order valence-electron chi connectivity index (χ4n) is 1.31. The smallest absolute Gasteiger partial charge is 0.276 e. The molecule has 2 rings (SSSR count). The zero-order valence-electron chi connectivity index (χ0n) is 8.53. The Kier molecular flexibility index (Phi) is 2.66. The van der Waals surface area contributed by atoms with Gasteiger partial charge in [0.15, 0.2) is 0 Å². The molecule has 0 atom stereocenters. The van der Waals surface area contributed by atoms with Crippen molar-refractivity contribution >= 4 is 11.6 Å². The van der Waals surface area contributed by atoms with Crippen LogP contribution in [0.2, 0.25) is 0 Å². The van der Waals surface area contributed by atoms with Gasteiger partial charge >= 0.3 is 0 Å². The molecule has 6 heteroatoms. The molecule has 2 N–H and O–H groups in total. The average Bonchev–Trinajstić information content (AvgIpc) is 2.66. The van der Waals surface area contributed by atoms with Gasteiger partial charge in [-0.2, -0.15) is 9.50 Å². The van der Waals surface area contributed by atoms with Gasteiger partial charge < -0.3 is 5.32 Å². The van der Waals surface area contributed by atoms with E-state index < -0.39 is 0 Å². The Hall–Kier alpha value is -1.85. The molecule has 2 aromatic heterocycles. The number of aromatic nitrogens is 4. The number of nitrogens with zero attached hydrogens (tertiary/aromatic N) is 3. The second-order valence-corrected chi connectivity index (χ2v) is 3.28. The van der Waals surface area contributed by atoms with Gasteiger partial charge in [0.25, 0.3) is 11.3 Å². The van der Waals surface area contributed by atoms with Crippen LogP contribution in [0, 0.1) is 0 Å². The highest BCUT2D eigenvalue weighted by Crippen LogP contribution is 2.00. The largest absolute Gasteiger partial charge is 0.370 e. The number of nitrogens with one attached hydrogen (secondary N) is 2. The van der Waals surface area contributed by atoms with Gasteiger partial charge in [0, 0.05) is 12.6 Å². The first-order valence-corrected chi connectivity index (χ1v) is 4.98. The van der Waals surface area contributed by atoms with Crippen LogP contribution in [-0.2, 0) is 0 Å². The molecule has 2 aromatic rings. The van der Waals surface area contributed by atoms with Gasteiger partial charge in [-0.15, -0.1) is 0 Å². The summed E-state index contributed by atoms with van der Waals surface area (Å²) in [6.45, 7) is 2.93. The molecule has 0 fully saturated rings. The molecule has 0 aromatic carbocycles. The molecule has 0 saturated heterocycles. The Balaban J connectivity index is 2.25. The van der Waals surface area contributed by atoms with Crippen LogP contribution in [0.3, 0.4) is 0 Å². The van der Waals surface area contributed by atoms with Gasteiger partial charge in [-0.05, 0) is 6.42 Å². The van der Waals surface area contributed by atoms with Crippen LogP contribution in [0.4, 0.5) is 5.82 Å². The molecule has 15 heavy (non-hydrogen) atoms. The first-order chi connectivity index (χ1) is 7.31. The summed E-state index contributed by atoms with van der Waals surface area (Å²) in [7, 11) is 0. The standard InChI is InChI=1S/C9H13N5O/c1-2-3-4-10-7-5-8(15)14-9(13-7)11-6-12-14/h5-6,10H,2-4H2,1H3,(H,11,12,13). The van der Waals surface area contributed by atoms with Crippen molar-refractivity contribution < 1.29 is 0 Å². The monoisotopic (exact) mass is 207 g/mol. The zero-order chi connectivity index (χ0) is 10.7. The molecule has 0 saturated carbocycles. The number of hydrogen-bond acceptors (Lipinski definition) is 4. The first kappa shape index (κ1) is 9.70. The molecule has 6 nitrogen and oxygen atoms in total. The van der Waals surface area contributed by atoms with Crippen LogP contribution >= 0.6 is 0 Å². The van der Waals surface area contributed by atoms with Crippen LogP contribution in [0.1, 0.15) is 19.8 Å². The summed E-state index contributed by atoms with van der Waals surface area (Å²) in [5.74, 6) is 0.974. The predicted molar refractivity (Wildman–Crippen MR) is 57.0 cm³/mol. The molecule has 0 aliphatic rings. The Morgan fingerprint density at radius 3 is 3.27 bits per heavy atom. The van der Waals surface area contributed by atoms with Gasteiger partial charge in [-0.1, -0.05) is 13.3 Å². The molecule has 0 amide bonds. The minimum atomic E-state index is -0.156. The molecule has 0 radical (unpaired) electrons. The number of unbranched alkanes of at least 4 members (excludes halogenated alkanes) is 1. The van der Waals surface area contributed by atoms with Gasteiger partial charge in [0.05, 0.1) is 0 Å². The van der Waals surface area contributed by atoms with Crippen LogP contribution in [0.5, 0.6) is 0 Å². The maximum atomic E-state index is 11.5. The van der Waals surface area contributed by atoms with Crippen molar-refractivity contribution in [3.63, 3.8) is 0 Å². The quantitative estimate of drug-likeness (QED) is 0.721. The van der Waals surface area contributed by atoms with Gasteiger partial charge in [-0.3, -0.25) is 9.89 Å². The van der Waals surface area contributed by atoms with Crippen molar-refractivity contribution in [2.45, 2.75) is 19.8 Å². The van der Waals surface area contributed by atoms with Crippen LogP contribution in [0.25, 0.3) is 5.78 Å². The van der Waals surface area contributed by atoms with E-state index in [2.05, 4.69) is 27.3 Å². The van der Waals surface area contributed by atoms with Gasteiger partial charge in [0.2, 0.25) is 0 Å². The Labute approximate surface area is 86.3 Å². The summed E-state index contributed by atoms with van der Waals surface area (Å²) >= 11 is 0. The van der Waals surface area contributed by atoms with Crippen molar-refractivity contribution in [3.8, 4) is 0 Å². The van der Waals surface area contributed by atoms with E-state index in [0.29, 0.717) is 11.6 Å². The van der Waals surface area contributed by atoms with Gasteiger partial charge in [0.1, 0.15) is 12.1 Å². The van der Waals surface area contributed by atoms with E-state index in [-0.39, 0.29) is 5.56 Å². The molecule has 2 heterocycles. The third-order valence-corrected chi connectivity index (χ3v) is 2.10. The van der Waals surface area contributed by atoms with Crippen LogP contribution in [0.15, 0.2) is 17.2 Å². The number of fused-ring (bicyclic) bond motifs is 1. The normalized spacial score (nSPS) is 10.7. The van der Waals surface area contributed by atoms with E-state index in [1.807, 2.05) is 0 Å². The van der Waals surface area contributed by atoms with Crippen molar-refractivity contribution in [2.24, 2.45) is 0 Å². The molecular formula is C9H13N5O. The van der Waals surface area contributed by atoms with Crippen molar-refractivity contribution in [1.29, 1.82) is 0 Å². The molecule has 0 aliphatic heterocycles. The van der Waals surface area contributed by atoms with E-state index in [1.165, 1.54) is 16.9 Å². The number of rotatable bonds is 4. The summed E-state index contributed by atoms with van der Waals surface area (Å²) in [4.78, 5) is 19.6. The third-order valence-electron chi connectivity index (χ3n) is 2.10. The lowest BCUT2D eigenvalue weighted by Crippen LogP contribution is -2.16. The molecular weight excluding hydrogens is 194 g/mol. The minimum absolute atomic E-state index is 0.156. The fraction of sp³-hybridized carbons (Fsp3) is 0.444. The predicted octanol–water partition coefficient (Wildman–Crippen LogP) is 0.630. The maximum Gasteiger partial charge on any atom is 0.276 e. The third kappa shape index (κ3) is 1.98. The highest BCUT2D eigenvalue weighted by Gasteiger charge is 2.02. The molecule has 0 aliphatic carbocycles. The lowest BCUT2D eigenvalue weighted by atomic mass is 10.3. The SMILES string of the molecule is CCCCNc1cc(=O)n2[nH]cnc2n1. The Morgan fingerprint density at radius 1 is 1.60 bits per heavy atom. The Bertz CT molecular complexity index is 500. The van der Waals surface area contributed by atoms with Crippen molar-refractivity contribution in [2.75, 3.05) is 11.9 Å². The lowest BCUT2D eigenvalue weighted by molar-refractivity contribution is 0.827. The van der Waals surface area contributed by atoms with E-state index in [0.717, 1.165) is 19.4 Å². The number of H-pyrrole nitrogens is 1. The fourth-order valence-corrected chi connectivity index (χ4v) is 1.31. The lowest BCUT2D eigenvalue weighted by Gasteiger charge is -2.03. The summed E-state index contributed by atoms with van der Waals surface area (Å²) in [6.07, 6.45) is 3.61. The van der Waals surface area contributed by atoms with Crippen LogP contribution < -0.4 is 10.9 Å². The average molecular weight is 207 g/mol. The van der Waals surface area contributed by atoms with E-state index >= 15 is 0 Å². The highest BCUT2D eigenvalue weighted by molar-refractivity contribution is 5.40. The highest BCUT2D eigenvalue weighted by atomic mass is 16.1.